The molecule has 36 heavy (non-hydrogen) atoms. The summed E-state index contributed by atoms with van der Waals surface area (Å²) in [5.41, 5.74) is 5.07. The molecule has 2 N–H and O–H groups in total. The van der Waals surface area contributed by atoms with E-state index in [4.69, 9.17) is 16.4 Å². The van der Waals surface area contributed by atoms with Crippen molar-refractivity contribution >= 4 is 33.4 Å². The lowest BCUT2D eigenvalue weighted by molar-refractivity contribution is -0.138. The van der Waals surface area contributed by atoms with E-state index in [1.165, 1.54) is 4.90 Å². The molecule has 0 bridgehead atoms. The lowest BCUT2D eigenvalue weighted by Gasteiger charge is -2.41. The summed E-state index contributed by atoms with van der Waals surface area (Å²) in [4.78, 5) is 34.2. The average molecular weight is 528 g/mol. The molecule has 1 aliphatic heterocycles. The Morgan fingerprint density at radius 2 is 1.67 bits per heavy atom. The zero-order valence-corrected chi connectivity index (χ0v) is 21.1. The second kappa shape index (κ2) is 11.2. The highest BCUT2D eigenvalue weighted by molar-refractivity contribution is 7.88. The van der Waals surface area contributed by atoms with Crippen molar-refractivity contribution in [1.82, 2.24) is 15.1 Å². The van der Waals surface area contributed by atoms with E-state index in [2.05, 4.69) is 10.2 Å². The van der Waals surface area contributed by atoms with Gasteiger partial charge in [-0.1, -0.05) is 72.3 Å². The number of sulfonamides is 1. The van der Waals surface area contributed by atoms with Crippen molar-refractivity contribution in [3.05, 3.63) is 106 Å². The monoisotopic (exact) mass is 527 g/mol. The minimum Gasteiger partial charge on any atom is -0.329 e. The maximum Gasteiger partial charge on any atom is 0.254 e. The molecule has 0 unspecified atom stereocenters. The van der Waals surface area contributed by atoms with Crippen LogP contribution in [0.25, 0.3) is 0 Å². The van der Waals surface area contributed by atoms with Gasteiger partial charge in [-0.25, -0.2) is 18.6 Å². The van der Waals surface area contributed by atoms with Crippen molar-refractivity contribution in [1.29, 1.82) is 0 Å². The van der Waals surface area contributed by atoms with Gasteiger partial charge in [0.05, 0.1) is 24.8 Å². The zero-order valence-electron chi connectivity index (χ0n) is 19.6. The first-order chi connectivity index (χ1) is 17.2. The summed E-state index contributed by atoms with van der Waals surface area (Å²) in [6.07, 6.45) is 1.05. The van der Waals surface area contributed by atoms with Crippen molar-refractivity contribution in [2.24, 2.45) is 0 Å². The van der Waals surface area contributed by atoms with Crippen LogP contribution in [-0.4, -0.2) is 44.5 Å². The van der Waals surface area contributed by atoms with E-state index in [-0.39, 0.29) is 25.6 Å². The highest BCUT2D eigenvalue weighted by Crippen LogP contribution is 2.43. The molecule has 0 saturated carbocycles. The molecule has 2 amide bonds. The number of rotatable bonds is 9. The van der Waals surface area contributed by atoms with Gasteiger partial charge in [0.25, 0.3) is 11.8 Å². The Balaban J connectivity index is 1.68. The molecule has 2 atom stereocenters. The summed E-state index contributed by atoms with van der Waals surface area (Å²) in [7, 11) is -3.46. The molecule has 0 fully saturated rings. The third-order valence-electron chi connectivity index (χ3n) is 5.90. The molecule has 3 aromatic rings. The van der Waals surface area contributed by atoms with Crippen molar-refractivity contribution in [2.75, 3.05) is 19.3 Å². The van der Waals surface area contributed by atoms with Gasteiger partial charge < -0.3 is 4.90 Å². The summed E-state index contributed by atoms with van der Waals surface area (Å²) in [6, 6.07) is 22.5. The fraction of sp³-hybridized carbons (Fsp3) is 0.231. The van der Waals surface area contributed by atoms with Crippen molar-refractivity contribution in [3.63, 3.8) is 0 Å². The molecule has 0 radical (unpaired) electrons. The van der Waals surface area contributed by atoms with Crippen molar-refractivity contribution in [3.8, 4) is 0 Å². The van der Waals surface area contributed by atoms with Crippen molar-refractivity contribution in [2.45, 2.75) is 18.6 Å². The number of halogens is 1. The molecule has 0 aromatic heterocycles. The van der Waals surface area contributed by atoms with Crippen LogP contribution in [0.1, 0.15) is 39.0 Å². The number of hydroxylamine groups is 1. The molecule has 1 heterocycles. The molecule has 10 heteroatoms. The van der Waals surface area contributed by atoms with Crippen LogP contribution < -0.4 is 10.2 Å². The predicted octanol–water partition coefficient (Wildman–Crippen LogP) is 3.42. The second-order valence-corrected chi connectivity index (χ2v) is 10.7. The van der Waals surface area contributed by atoms with Crippen LogP contribution in [-0.2, 0) is 26.3 Å². The minimum atomic E-state index is -3.46. The van der Waals surface area contributed by atoms with Gasteiger partial charge in [-0.2, -0.15) is 0 Å². The largest absolute Gasteiger partial charge is 0.329 e. The number of hydrogen-bond acceptors (Lipinski definition) is 5. The highest BCUT2D eigenvalue weighted by atomic mass is 35.5. The Labute approximate surface area is 215 Å². The lowest BCUT2D eigenvalue weighted by atomic mass is 9.79. The molecule has 8 nitrogen and oxygen atoms in total. The fourth-order valence-electron chi connectivity index (χ4n) is 4.33. The van der Waals surface area contributed by atoms with Gasteiger partial charge in [-0.15, -0.1) is 0 Å². The number of fused-ring (bicyclic) bond motifs is 1. The normalized spacial score (nSPS) is 17.5. The molecular weight excluding hydrogens is 502 g/mol. The van der Waals surface area contributed by atoms with Crippen LogP contribution in [0, 0.1) is 0 Å². The van der Waals surface area contributed by atoms with E-state index < -0.39 is 27.9 Å². The van der Waals surface area contributed by atoms with E-state index in [0.717, 1.165) is 11.8 Å². The predicted molar refractivity (Wildman–Crippen MR) is 137 cm³/mol. The first kappa shape index (κ1) is 25.8. The Morgan fingerprint density at radius 1 is 1.00 bits per heavy atom. The summed E-state index contributed by atoms with van der Waals surface area (Å²) in [5, 5.41) is 0.513. The highest BCUT2D eigenvalue weighted by Gasteiger charge is 2.44. The maximum atomic E-state index is 13.6. The topological polar surface area (TPSA) is 105 Å². The van der Waals surface area contributed by atoms with E-state index >= 15 is 0 Å². The lowest BCUT2D eigenvalue weighted by Crippen LogP contribution is -2.49. The standard InChI is InChI=1S/C26H26ClN3O5S/c1-36(33,34)28-15-16-30-24(19-11-13-20(27)14-12-19)23(21-9-5-6-10-22(21)26(30)32)25(31)29-35-17-18-7-3-2-4-8-18/h2-14,23-24,28H,15-17H2,1H3,(H,29,31)/t23-,24+/m1/s1. The quantitative estimate of drug-likeness (QED) is 0.415. The van der Waals surface area contributed by atoms with Gasteiger partial charge in [0, 0.05) is 23.7 Å². The Hall–Kier alpha value is -3.24. The second-order valence-electron chi connectivity index (χ2n) is 8.47. The van der Waals surface area contributed by atoms with E-state index in [1.54, 1.807) is 48.5 Å². The van der Waals surface area contributed by atoms with Gasteiger partial charge in [0.2, 0.25) is 10.0 Å². The van der Waals surface area contributed by atoms with Gasteiger partial charge in [0.1, 0.15) is 0 Å². The van der Waals surface area contributed by atoms with E-state index in [0.29, 0.717) is 21.7 Å². The number of amides is 2. The van der Waals surface area contributed by atoms with E-state index in [9.17, 15) is 18.0 Å². The minimum absolute atomic E-state index is 0.00429. The molecule has 4 rings (SSSR count). The van der Waals surface area contributed by atoms with Gasteiger partial charge in [-0.05, 0) is 34.9 Å². The Morgan fingerprint density at radius 3 is 2.36 bits per heavy atom. The third kappa shape index (κ3) is 6.11. The van der Waals surface area contributed by atoms with Crippen LogP contribution >= 0.6 is 11.6 Å². The average Bonchev–Trinajstić information content (AvgIpc) is 2.85. The SMILES string of the molecule is CS(=O)(=O)NCCN1C(=O)c2ccccc2[C@@H](C(=O)NOCc2ccccc2)[C@@H]1c1ccc(Cl)cc1. The Bertz CT molecular complexity index is 1330. The zero-order chi connectivity index (χ0) is 25.7. The molecule has 0 saturated heterocycles. The summed E-state index contributed by atoms with van der Waals surface area (Å²) in [5.74, 6) is -1.53. The van der Waals surface area contributed by atoms with Crippen LogP contribution in [0.2, 0.25) is 5.02 Å². The number of hydrogen-bond donors (Lipinski definition) is 2. The molecule has 0 aliphatic carbocycles. The smallest absolute Gasteiger partial charge is 0.254 e. The summed E-state index contributed by atoms with van der Waals surface area (Å²) in [6.45, 7) is 0.228. The van der Waals surface area contributed by atoms with Crippen LogP contribution in [0.3, 0.4) is 0 Å². The van der Waals surface area contributed by atoms with Crippen LogP contribution in [0.15, 0.2) is 78.9 Å². The summed E-state index contributed by atoms with van der Waals surface area (Å²) >= 11 is 6.10. The van der Waals surface area contributed by atoms with Gasteiger partial charge >= 0.3 is 0 Å². The van der Waals surface area contributed by atoms with Crippen LogP contribution in [0.4, 0.5) is 0 Å². The molecule has 0 spiro atoms. The maximum absolute atomic E-state index is 13.6. The van der Waals surface area contributed by atoms with Gasteiger partial charge in [0.15, 0.2) is 0 Å². The number of carbonyl (C=O) groups excluding carboxylic acids is 2. The first-order valence-corrected chi connectivity index (χ1v) is 13.6. The number of benzene rings is 3. The number of nitrogens with zero attached hydrogens (tertiary/aromatic N) is 1. The molecular formula is C26H26ClN3O5S. The Kier molecular flexibility index (Phi) is 8.05. The van der Waals surface area contributed by atoms with Crippen molar-refractivity contribution < 1.29 is 22.8 Å². The van der Waals surface area contributed by atoms with E-state index in [1.807, 2.05) is 30.3 Å². The van der Waals surface area contributed by atoms with Gasteiger partial charge in [-0.3, -0.25) is 14.4 Å². The molecule has 1 aliphatic rings. The first-order valence-electron chi connectivity index (χ1n) is 11.3. The number of carbonyl (C=O) groups is 2. The fourth-order valence-corrected chi connectivity index (χ4v) is 4.92. The number of nitrogens with one attached hydrogen (secondary N) is 2. The molecule has 3 aromatic carbocycles. The summed E-state index contributed by atoms with van der Waals surface area (Å²) < 4.78 is 25.7. The molecule has 188 valence electrons. The third-order valence-corrected chi connectivity index (χ3v) is 6.88. The van der Waals surface area contributed by atoms with Crippen LogP contribution in [0.5, 0.6) is 0 Å².